The highest BCUT2D eigenvalue weighted by Crippen LogP contribution is 2.28. The number of nitrogens with zero attached hydrogens (tertiary/aromatic N) is 2. The summed E-state index contributed by atoms with van der Waals surface area (Å²) in [6.07, 6.45) is 4.14. The zero-order chi connectivity index (χ0) is 13.9. The molecule has 1 saturated heterocycles. The Morgan fingerprint density at radius 3 is 2.45 bits per heavy atom. The smallest absolute Gasteiger partial charge is 0.269 e. The molecule has 4 nitrogen and oxygen atoms in total. The van der Waals surface area contributed by atoms with Gasteiger partial charge in [0.15, 0.2) is 0 Å². The Labute approximate surface area is 117 Å². The van der Waals surface area contributed by atoms with Crippen LogP contribution in [0.5, 0.6) is 0 Å². The van der Waals surface area contributed by atoms with Crippen molar-refractivity contribution in [2.45, 2.75) is 6.04 Å². The maximum absolute atomic E-state index is 10.6. The SMILES string of the molecule is O=[N+]([O-])c1ccc(/C=C/C2CN2c2ccccc2)cc1. The molecule has 0 spiro atoms. The molecule has 1 heterocycles. The van der Waals surface area contributed by atoms with Crippen molar-refractivity contribution in [2.24, 2.45) is 0 Å². The first kappa shape index (κ1) is 12.4. The summed E-state index contributed by atoms with van der Waals surface area (Å²) in [5.74, 6) is 0. The molecule has 0 radical (unpaired) electrons. The van der Waals surface area contributed by atoms with Crippen LogP contribution in [0.25, 0.3) is 6.08 Å². The monoisotopic (exact) mass is 266 g/mol. The van der Waals surface area contributed by atoms with Gasteiger partial charge in [-0.2, -0.15) is 0 Å². The predicted octanol–water partition coefficient (Wildman–Crippen LogP) is 3.50. The standard InChI is InChI=1S/C16H14N2O2/c19-18(20)15-9-6-13(7-10-15)8-11-16-12-17(16)14-4-2-1-3-5-14/h1-11,16H,12H2/b11-8+. The minimum Gasteiger partial charge on any atom is -0.361 e. The fraction of sp³-hybridized carbons (Fsp3) is 0.125. The number of rotatable bonds is 4. The molecule has 0 N–H and O–H groups in total. The highest BCUT2D eigenvalue weighted by Gasteiger charge is 2.31. The van der Waals surface area contributed by atoms with E-state index in [0.717, 1.165) is 12.1 Å². The number of anilines is 1. The number of nitro benzene ring substituents is 1. The molecule has 0 aromatic heterocycles. The van der Waals surface area contributed by atoms with Crippen LogP contribution in [-0.4, -0.2) is 17.5 Å². The Bertz CT molecular complexity index is 635. The van der Waals surface area contributed by atoms with E-state index in [1.807, 2.05) is 24.3 Å². The van der Waals surface area contributed by atoms with Gasteiger partial charge in [-0.05, 0) is 29.8 Å². The van der Waals surface area contributed by atoms with Gasteiger partial charge in [-0.25, -0.2) is 0 Å². The van der Waals surface area contributed by atoms with E-state index in [1.54, 1.807) is 12.1 Å². The van der Waals surface area contributed by atoms with Gasteiger partial charge in [-0.1, -0.05) is 30.4 Å². The molecule has 0 bridgehead atoms. The predicted molar refractivity (Wildman–Crippen MR) is 79.7 cm³/mol. The van der Waals surface area contributed by atoms with E-state index in [-0.39, 0.29) is 10.6 Å². The van der Waals surface area contributed by atoms with Gasteiger partial charge >= 0.3 is 0 Å². The van der Waals surface area contributed by atoms with Crippen molar-refractivity contribution in [1.29, 1.82) is 0 Å². The zero-order valence-corrected chi connectivity index (χ0v) is 10.8. The average Bonchev–Trinajstić information content (AvgIpc) is 3.26. The number of benzene rings is 2. The lowest BCUT2D eigenvalue weighted by atomic mass is 10.2. The maximum atomic E-state index is 10.6. The molecule has 2 aromatic rings. The first-order valence-electron chi connectivity index (χ1n) is 6.48. The highest BCUT2D eigenvalue weighted by atomic mass is 16.6. The molecular weight excluding hydrogens is 252 g/mol. The van der Waals surface area contributed by atoms with Crippen LogP contribution in [0.4, 0.5) is 11.4 Å². The summed E-state index contributed by atoms with van der Waals surface area (Å²) in [7, 11) is 0. The van der Waals surface area contributed by atoms with Gasteiger partial charge in [-0.3, -0.25) is 10.1 Å². The second-order valence-corrected chi connectivity index (χ2v) is 4.76. The summed E-state index contributed by atoms with van der Waals surface area (Å²) in [6.45, 7) is 1.02. The molecule has 0 amide bonds. The molecule has 0 saturated carbocycles. The van der Waals surface area contributed by atoms with Crippen LogP contribution >= 0.6 is 0 Å². The van der Waals surface area contributed by atoms with E-state index >= 15 is 0 Å². The van der Waals surface area contributed by atoms with Crippen molar-refractivity contribution in [3.05, 3.63) is 76.4 Å². The van der Waals surface area contributed by atoms with Gasteiger partial charge in [0.1, 0.15) is 0 Å². The van der Waals surface area contributed by atoms with Crippen molar-refractivity contribution in [1.82, 2.24) is 0 Å². The summed E-state index contributed by atoms with van der Waals surface area (Å²) in [4.78, 5) is 12.5. The van der Waals surface area contributed by atoms with Crippen LogP contribution in [0.3, 0.4) is 0 Å². The molecule has 1 unspecified atom stereocenters. The normalized spacial score (nSPS) is 17.4. The number of hydrogen-bond acceptors (Lipinski definition) is 3. The molecule has 20 heavy (non-hydrogen) atoms. The van der Waals surface area contributed by atoms with E-state index < -0.39 is 0 Å². The summed E-state index contributed by atoms with van der Waals surface area (Å²) >= 11 is 0. The molecule has 4 heteroatoms. The van der Waals surface area contributed by atoms with Crippen molar-refractivity contribution in [3.8, 4) is 0 Å². The first-order chi connectivity index (χ1) is 9.74. The zero-order valence-electron chi connectivity index (χ0n) is 10.8. The third-order valence-corrected chi connectivity index (χ3v) is 3.35. The topological polar surface area (TPSA) is 46.1 Å². The molecule has 1 atom stereocenters. The Balaban J connectivity index is 1.63. The summed E-state index contributed by atoms with van der Waals surface area (Å²) in [5, 5.41) is 10.6. The summed E-state index contributed by atoms with van der Waals surface area (Å²) in [5.41, 5.74) is 2.33. The number of hydrogen-bond donors (Lipinski definition) is 0. The van der Waals surface area contributed by atoms with Crippen LogP contribution in [-0.2, 0) is 0 Å². The van der Waals surface area contributed by atoms with Crippen LogP contribution in [0.2, 0.25) is 0 Å². The van der Waals surface area contributed by atoms with E-state index in [9.17, 15) is 10.1 Å². The molecule has 2 aromatic carbocycles. The Morgan fingerprint density at radius 2 is 1.80 bits per heavy atom. The largest absolute Gasteiger partial charge is 0.361 e. The molecule has 0 aliphatic carbocycles. The van der Waals surface area contributed by atoms with Gasteiger partial charge in [0.2, 0.25) is 0 Å². The van der Waals surface area contributed by atoms with Crippen LogP contribution < -0.4 is 4.90 Å². The van der Waals surface area contributed by atoms with Gasteiger partial charge in [0.05, 0.1) is 11.0 Å². The minimum atomic E-state index is -0.383. The van der Waals surface area contributed by atoms with E-state index in [2.05, 4.69) is 23.1 Å². The molecule has 1 aliphatic rings. The second-order valence-electron chi connectivity index (χ2n) is 4.76. The fourth-order valence-corrected chi connectivity index (χ4v) is 2.16. The minimum absolute atomic E-state index is 0.125. The first-order valence-corrected chi connectivity index (χ1v) is 6.48. The Morgan fingerprint density at radius 1 is 1.10 bits per heavy atom. The lowest BCUT2D eigenvalue weighted by Gasteiger charge is -2.02. The number of para-hydroxylation sites is 1. The average molecular weight is 266 g/mol. The lowest BCUT2D eigenvalue weighted by molar-refractivity contribution is -0.384. The molecule has 3 rings (SSSR count). The van der Waals surface area contributed by atoms with Gasteiger partial charge < -0.3 is 4.90 Å². The maximum Gasteiger partial charge on any atom is 0.269 e. The summed E-state index contributed by atoms with van der Waals surface area (Å²) < 4.78 is 0. The van der Waals surface area contributed by atoms with Crippen molar-refractivity contribution in [3.63, 3.8) is 0 Å². The summed E-state index contributed by atoms with van der Waals surface area (Å²) in [6, 6.07) is 17.3. The molecule has 1 fully saturated rings. The lowest BCUT2D eigenvalue weighted by Crippen LogP contribution is -1.95. The number of nitro groups is 1. The third kappa shape index (κ3) is 2.69. The fourth-order valence-electron chi connectivity index (χ4n) is 2.16. The van der Waals surface area contributed by atoms with Crippen molar-refractivity contribution in [2.75, 3.05) is 11.4 Å². The Kier molecular flexibility index (Phi) is 3.21. The van der Waals surface area contributed by atoms with E-state index in [1.165, 1.54) is 17.8 Å². The molecule has 100 valence electrons. The van der Waals surface area contributed by atoms with Crippen molar-refractivity contribution >= 4 is 17.5 Å². The van der Waals surface area contributed by atoms with Gasteiger partial charge in [-0.15, -0.1) is 0 Å². The highest BCUT2D eigenvalue weighted by molar-refractivity contribution is 5.60. The van der Waals surface area contributed by atoms with Gasteiger partial charge in [0, 0.05) is 24.4 Å². The number of non-ortho nitro benzene ring substituents is 1. The third-order valence-electron chi connectivity index (χ3n) is 3.35. The second kappa shape index (κ2) is 5.17. The quantitative estimate of drug-likeness (QED) is 0.483. The van der Waals surface area contributed by atoms with Gasteiger partial charge in [0.25, 0.3) is 5.69 Å². The van der Waals surface area contributed by atoms with Crippen LogP contribution in [0.15, 0.2) is 60.7 Å². The molecule has 1 aliphatic heterocycles. The van der Waals surface area contributed by atoms with Crippen molar-refractivity contribution < 1.29 is 4.92 Å². The Hall–Kier alpha value is -2.62. The van der Waals surface area contributed by atoms with E-state index in [4.69, 9.17) is 0 Å². The van der Waals surface area contributed by atoms with Crippen LogP contribution in [0, 0.1) is 10.1 Å². The van der Waals surface area contributed by atoms with E-state index in [0.29, 0.717) is 6.04 Å². The molecular formula is C16H14N2O2. The van der Waals surface area contributed by atoms with Crippen LogP contribution in [0.1, 0.15) is 5.56 Å².